The van der Waals surface area contributed by atoms with Gasteiger partial charge in [0.1, 0.15) is 18.1 Å². The predicted molar refractivity (Wildman–Crippen MR) is 114 cm³/mol. The molecule has 0 saturated carbocycles. The minimum absolute atomic E-state index is 0.00556. The van der Waals surface area contributed by atoms with Gasteiger partial charge >= 0.3 is 5.97 Å². The summed E-state index contributed by atoms with van der Waals surface area (Å²) < 4.78 is 11.3. The molecular formula is C25H19NO5. The van der Waals surface area contributed by atoms with E-state index in [9.17, 15) is 14.4 Å². The fourth-order valence-corrected chi connectivity index (χ4v) is 3.28. The molecule has 0 unspecified atom stereocenters. The fraction of sp³-hybridized carbons (Fsp3) is 0.0800. The van der Waals surface area contributed by atoms with Crippen LogP contribution in [0.3, 0.4) is 0 Å². The maximum absolute atomic E-state index is 12.6. The molecule has 1 aliphatic rings. The number of carbonyl (C=O) groups excluding carboxylic acids is 3. The van der Waals surface area contributed by atoms with Crippen molar-refractivity contribution in [2.24, 2.45) is 0 Å². The van der Waals surface area contributed by atoms with Crippen LogP contribution in [0.4, 0.5) is 0 Å². The van der Waals surface area contributed by atoms with E-state index in [4.69, 9.17) is 9.47 Å². The summed E-state index contributed by atoms with van der Waals surface area (Å²) in [4.78, 5) is 38.4. The van der Waals surface area contributed by atoms with Crippen LogP contribution >= 0.6 is 0 Å². The summed E-state index contributed by atoms with van der Waals surface area (Å²) in [6.45, 7) is 3.67. The standard InChI is InChI=1S/C25H19NO5/c1-2-14-26-23(27)20-13-12-17(15-21(20)24(26)28)25(29)30-16-18-8-6-7-11-22(18)31-19-9-4-3-5-10-19/h2-13,15H,1,14,16H2. The van der Waals surface area contributed by atoms with Crippen molar-refractivity contribution in [1.82, 2.24) is 4.90 Å². The first-order chi connectivity index (χ1) is 15.1. The van der Waals surface area contributed by atoms with Crippen molar-refractivity contribution < 1.29 is 23.9 Å². The molecule has 0 bridgehead atoms. The van der Waals surface area contributed by atoms with Crippen molar-refractivity contribution in [3.05, 3.63) is 108 Å². The van der Waals surface area contributed by atoms with Crippen molar-refractivity contribution in [3.8, 4) is 11.5 Å². The van der Waals surface area contributed by atoms with Crippen molar-refractivity contribution in [3.63, 3.8) is 0 Å². The SMILES string of the molecule is C=CCN1C(=O)c2ccc(C(=O)OCc3ccccc3Oc3ccccc3)cc2C1=O. The Balaban J connectivity index is 1.48. The third-order valence-electron chi connectivity index (χ3n) is 4.82. The topological polar surface area (TPSA) is 72.9 Å². The molecular weight excluding hydrogens is 394 g/mol. The molecule has 2 amide bonds. The van der Waals surface area contributed by atoms with Gasteiger partial charge in [-0.05, 0) is 36.4 Å². The van der Waals surface area contributed by atoms with Crippen LogP contribution in [0.1, 0.15) is 36.6 Å². The number of hydrogen-bond acceptors (Lipinski definition) is 5. The van der Waals surface area contributed by atoms with E-state index in [-0.39, 0.29) is 29.8 Å². The Labute approximate surface area is 179 Å². The number of amides is 2. The quantitative estimate of drug-likeness (QED) is 0.321. The van der Waals surface area contributed by atoms with E-state index in [0.717, 1.165) is 4.90 Å². The Morgan fingerprint density at radius 3 is 2.39 bits per heavy atom. The molecule has 6 heteroatoms. The molecule has 0 fully saturated rings. The fourth-order valence-electron chi connectivity index (χ4n) is 3.28. The number of rotatable bonds is 7. The lowest BCUT2D eigenvalue weighted by Gasteiger charge is -2.12. The maximum Gasteiger partial charge on any atom is 0.338 e. The van der Waals surface area contributed by atoms with Crippen LogP contribution in [0.5, 0.6) is 11.5 Å². The van der Waals surface area contributed by atoms with Crippen LogP contribution in [0.25, 0.3) is 0 Å². The number of para-hydroxylation sites is 2. The zero-order chi connectivity index (χ0) is 21.8. The Morgan fingerprint density at radius 2 is 1.61 bits per heavy atom. The lowest BCUT2D eigenvalue weighted by atomic mass is 10.1. The Hall–Kier alpha value is -4.19. The number of fused-ring (bicyclic) bond motifs is 1. The van der Waals surface area contributed by atoms with Crippen LogP contribution < -0.4 is 4.74 Å². The molecule has 0 aromatic heterocycles. The van der Waals surface area contributed by atoms with E-state index in [0.29, 0.717) is 17.1 Å². The predicted octanol–water partition coefficient (Wildman–Crippen LogP) is 4.62. The van der Waals surface area contributed by atoms with E-state index >= 15 is 0 Å². The average molecular weight is 413 g/mol. The highest BCUT2D eigenvalue weighted by atomic mass is 16.5. The van der Waals surface area contributed by atoms with E-state index in [1.54, 1.807) is 6.07 Å². The lowest BCUT2D eigenvalue weighted by Crippen LogP contribution is -2.29. The highest BCUT2D eigenvalue weighted by Crippen LogP contribution is 2.27. The molecule has 0 spiro atoms. The maximum atomic E-state index is 12.6. The number of nitrogens with zero attached hydrogens (tertiary/aromatic N) is 1. The summed E-state index contributed by atoms with van der Waals surface area (Å²) in [5.41, 5.74) is 1.35. The minimum atomic E-state index is -0.597. The van der Waals surface area contributed by atoms with E-state index in [1.165, 1.54) is 24.3 Å². The second-order valence-corrected chi connectivity index (χ2v) is 6.87. The highest BCUT2D eigenvalue weighted by molar-refractivity contribution is 6.22. The first-order valence-electron chi connectivity index (χ1n) is 9.67. The lowest BCUT2D eigenvalue weighted by molar-refractivity contribution is 0.0470. The molecule has 0 atom stereocenters. The third-order valence-corrected chi connectivity index (χ3v) is 4.82. The van der Waals surface area contributed by atoms with Crippen LogP contribution in [-0.4, -0.2) is 29.2 Å². The van der Waals surface area contributed by atoms with Crippen molar-refractivity contribution in [2.75, 3.05) is 6.54 Å². The zero-order valence-corrected chi connectivity index (χ0v) is 16.6. The summed E-state index contributed by atoms with van der Waals surface area (Å²) in [5.74, 6) is -0.189. The first-order valence-corrected chi connectivity index (χ1v) is 9.67. The molecule has 31 heavy (non-hydrogen) atoms. The first kappa shape index (κ1) is 20.1. The van der Waals surface area contributed by atoms with Crippen molar-refractivity contribution in [1.29, 1.82) is 0 Å². The van der Waals surface area contributed by atoms with Crippen LogP contribution in [0.2, 0.25) is 0 Å². The molecule has 1 aliphatic heterocycles. The van der Waals surface area contributed by atoms with Gasteiger partial charge < -0.3 is 9.47 Å². The van der Waals surface area contributed by atoms with E-state index < -0.39 is 17.8 Å². The van der Waals surface area contributed by atoms with Gasteiger partial charge in [-0.25, -0.2) is 4.79 Å². The van der Waals surface area contributed by atoms with E-state index in [1.807, 2.05) is 48.5 Å². The summed E-state index contributed by atoms with van der Waals surface area (Å²) in [5, 5.41) is 0. The smallest absolute Gasteiger partial charge is 0.338 e. The van der Waals surface area contributed by atoms with Gasteiger partial charge in [-0.1, -0.05) is 42.5 Å². The van der Waals surface area contributed by atoms with Gasteiger partial charge in [-0.3, -0.25) is 14.5 Å². The van der Waals surface area contributed by atoms with Crippen molar-refractivity contribution >= 4 is 17.8 Å². The number of imide groups is 1. The molecule has 0 saturated heterocycles. The summed E-state index contributed by atoms with van der Waals surface area (Å²) in [6, 6.07) is 20.9. The highest BCUT2D eigenvalue weighted by Gasteiger charge is 2.35. The molecule has 3 aromatic rings. The average Bonchev–Trinajstić information content (AvgIpc) is 3.03. The largest absolute Gasteiger partial charge is 0.457 e. The molecule has 0 radical (unpaired) electrons. The summed E-state index contributed by atoms with van der Waals surface area (Å²) in [7, 11) is 0. The van der Waals surface area contributed by atoms with Crippen LogP contribution in [0, 0.1) is 0 Å². The number of esters is 1. The van der Waals surface area contributed by atoms with Crippen molar-refractivity contribution in [2.45, 2.75) is 6.61 Å². The molecule has 154 valence electrons. The van der Waals surface area contributed by atoms with Crippen LogP contribution in [-0.2, 0) is 11.3 Å². The van der Waals surface area contributed by atoms with Gasteiger partial charge in [0.15, 0.2) is 0 Å². The van der Waals surface area contributed by atoms with Gasteiger partial charge in [0.05, 0.1) is 16.7 Å². The molecule has 0 aliphatic carbocycles. The van der Waals surface area contributed by atoms with E-state index in [2.05, 4.69) is 6.58 Å². The zero-order valence-electron chi connectivity index (χ0n) is 16.6. The summed E-state index contributed by atoms with van der Waals surface area (Å²) in [6.07, 6.45) is 1.48. The number of hydrogen-bond donors (Lipinski definition) is 0. The molecule has 1 heterocycles. The Bertz CT molecular complexity index is 1170. The van der Waals surface area contributed by atoms with Crippen LogP contribution in [0.15, 0.2) is 85.5 Å². The monoisotopic (exact) mass is 413 g/mol. The number of benzene rings is 3. The van der Waals surface area contributed by atoms with Gasteiger partial charge in [-0.2, -0.15) is 0 Å². The molecule has 4 rings (SSSR count). The van der Waals surface area contributed by atoms with Gasteiger partial charge in [-0.15, -0.1) is 6.58 Å². The normalized spacial score (nSPS) is 12.5. The van der Waals surface area contributed by atoms with Gasteiger partial charge in [0.25, 0.3) is 11.8 Å². The van der Waals surface area contributed by atoms with Gasteiger partial charge in [0.2, 0.25) is 0 Å². The molecule has 0 N–H and O–H groups in total. The number of ether oxygens (including phenoxy) is 2. The number of carbonyl (C=O) groups is 3. The molecule has 6 nitrogen and oxygen atoms in total. The third kappa shape index (κ3) is 4.09. The molecule has 3 aromatic carbocycles. The summed E-state index contributed by atoms with van der Waals surface area (Å²) >= 11 is 0. The second kappa shape index (κ2) is 8.67. The second-order valence-electron chi connectivity index (χ2n) is 6.87. The Kier molecular flexibility index (Phi) is 5.62. The van der Waals surface area contributed by atoms with Gasteiger partial charge in [0, 0.05) is 12.1 Å². The minimum Gasteiger partial charge on any atom is -0.457 e. The Morgan fingerprint density at radius 1 is 0.903 bits per heavy atom.